The third-order valence-corrected chi connectivity index (χ3v) is 4.24. The number of phenolic OH excluding ortho intramolecular Hbond substituents is 1. The summed E-state index contributed by atoms with van der Waals surface area (Å²) >= 11 is 0. The van der Waals surface area contributed by atoms with Gasteiger partial charge in [0.25, 0.3) is 0 Å². The molecule has 2 rings (SSSR count). The minimum atomic E-state index is -0.0300. The molecule has 142 valence electrons. The number of nitrogens with zero attached hydrogens (tertiary/aromatic N) is 2. The Balaban J connectivity index is 0.00000163. The van der Waals surface area contributed by atoms with Crippen molar-refractivity contribution in [1.29, 1.82) is 0 Å². The zero-order valence-electron chi connectivity index (χ0n) is 16.6. The molecule has 26 heavy (non-hydrogen) atoms. The topological polar surface area (TPSA) is 62.1 Å². The Morgan fingerprint density at radius 2 is 2.04 bits per heavy atom. The predicted octanol–water partition coefficient (Wildman–Crippen LogP) is 4.54. The lowest BCUT2D eigenvalue weighted by molar-refractivity contribution is 0.112. The first-order valence-electron chi connectivity index (χ1n) is 8.92. The van der Waals surface area contributed by atoms with Crippen molar-refractivity contribution in [2.24, 2.45) is 4.99 Å². The van der Waals surface area contributed by atoms with Crippen LogP contribution in [-0.4, -0.2) is 49.3 Å². The lowest BCUT2D eigenvalue weighted by Gasteiger charge is -2.31. The minimum Gasteiger partial charge on any atom is -0.504 e. The van der Waals surface area contributed by atoms with Crippen LogP contribution in [0, 0.1) is 0 Å². The van der Waals surface area contributed by atoms with E-state index in [0.717, 1.165) is 13.0 Å². The fraction of sp³-hybridized carbons (Fsp3) is 0.429. The van der Waals surface area contributed by atoms with Gasteiger partial charge in [0.2, 0.25) is 0 Å². The van der Waals surface area contributed by atoms with Crippen LogP contribution in [0.25, 0.3) is 0 Å². The first kappa shape index (κ1) is 21.6. The minimum absolute atomic E-state index is 0.0300. The number of carbonyl (C=O) groups is 1. The lowest BCUT2D eigenvalue weighted by Crippen LogP contribution is -2.38. The van der Waals surface area contributed by atoms with Gasteiger partial charge in [-0.1, -0.05) is 31.6 Å². The molecule has 1 atom stereocenters. The first-order chi connectivity index (χ1) is 12.5. The predicted molar refractivity (Wildman–Crippen MR) is 108 cm³/mol. The van der Waals surface area contributed by atoms with Gasteiger partial charge in [-0.2, -0.15) is 0 Å². The zero-order chi connectivity index (χ0) is 19.7. The molecule has 1 aliphatic heterocycles. The summed E-state index contributed by atoms with van der Waals surface area (Å²) in [6.07, 6.45) is 7.61. The van der Waals surface area contributed by atoms with Crippen molar-refractivity contribution in [3.05, 3.63) is 41.0 Å². The Hall–Kier alpha value is -2.40. The van der Waals surface area contributed by atoms with E-state index >= 15 is 0 Å². The monoisotopic (exact) mass is 358 g/mol. The summed E-state index contributed by atoms with van der Waals surface area (Å²) in [6, 6.07) is 3.09. The summed E-state index contributed by atoms with van der Waals surface area (Å²) in [7, 11) is 3.50. The Labute approximate surface area is 156 Å². The van der Waals surface area contributed by atoms with Crippen LogP contribution < -0.4 is 4.74 Å². The van der Waals surface area contributed by atoms with Crippen molar-refractivity contribution in [2.75, 3.05) is 20.7 Å². The Bertz CT molecular complexity index is 705. The van der Waals surface area contributed by atoms with E-state index < -0.39 is 0 Å². The summed E-state index contributed by atoms with van der Waals surface area (Å²) in [5, 5.41) is 9.91. The van der Waals surface area contributed by atoms with Crippen molar-refractivity contribution >= 4 is 18.2 Å². The van der Waals surface area contributed by atoms with Gasteiger partial charge in [0.05, 0.1) is 12.8 Å². The molecule has 0 saturated carbocycles. The molecule has 1 aliphatic rings. The van der Waals surface area contributed by atoms with E-state index in [4.69, 9.17) is 4.74 Å². The third kappa shape index (κ3) is 5.30. The number of ether oxygens (including phenoxy) is 1. The average Bonchev–Trinajstić information content (AvgIpc) is 2.64. The number of benzene rings is 1. The number of allylic oxidation sites excluding steroid dienone is 2. The summed E-state index contributed by atoms with van der Waals surface area (Å²) < 4.78 is 5.02. The summed E-state index contributed by atoms with van der Waals surface area (Å²) in [5.41, 5.74) is 3.51. The second kappa shape index (κ2) is 10.6. The maximum Gasteiger partial charge on any atom is 0.161 e. The van der Waals surface area contributed by atoms with Crippen LogP contribution in [-0.2, 0) is 0 Å². The van der Waals surface area contributed by atoms with E-state index in [-0.39, 0.29) is 17.5 Å². The van der Waals surface area contributed by atoms with Crippen LogP contribution in [0.5, 0.6) is 11.5 Å². The highest BCUT2D eigenvalue weighted by molar-refractivity contribution is 5.86. The molecule has 0 fully saturated rings. The molecule has 1 aromatic rings. The van der Waals surface area contributed by atoms with Gasteiger partial charge in [-0.15, -0.1) is 0 Å². The molecule has 5 heteroatoms. The van der Waals surface area contributed by atoms with Gasteiger partial charge < -0.3 is 9.84 Å². The molecule has 0 radical (unpaired) electrons. The van der Waals surface area contributed by atoms with Gasteiger partial charge in [0.1, 0.15) is 0 Å². The maximum absolute atomic E-state index is 11.3. The third-order valence-electron chi connectivity index (χ3n) is 4.24. The van der Waals surface area contributed by atoms with E-state index in [1.54, 1.807) is 0 Å². The number of aldehydes is 1. The van der Waals surface area contributed by atoms with Crippen LogP contribution in [0.3, 0.4) is 0 Å². The normalized spacial score (nSPS) is 18.2. The molecule has 5 nitrogen and oxygen atoms in total. The SMILES string of the molecule is C/C=C\C1=C(C)CN(C)C(C=Nc2cc(O)c(OC)cc2C=O)C1.CC. The molecule has 0 amide bonds. The molecule has 0 bridgehead atoms. The average molecular weight is 358 g/mol. The molecule has 0 aromatic heterocycles. The number of aromatic hydroxyl groups is 1. The standard InChI is InChI=1S/C19H24N2O3.C2H6/c1-5-6-14-7-16(21(3)11-13(14)2)10-20-17-9-18(23)19(24-4)8-15(17)12-22;1-2/h5-6,8-10,12,16,23H,7,11H2,1-4H3;1-2H3/b6-5-,20-10?;. The van der Waals surface area contributed by atoms with Crippen molar-refractivity contribution in [1.82, 2.24) is 4.90 Å². The highest BCUT2D eigenvalue weighted by Gasteiger charge is 2.21. The molecule has 1 heterocycles. The number of hydrogen-bond donors (Lipinski definition) is 1. The second-order valence-corrected chi connectivity index (χ2v) is 5.97. The quantitative estimate of drug-likeness (QED) is 0.620. The van der Waals surface area contributed by atoms with Crippen LogP contribution in [0.15, 0.2) is 40.4 Å². The van der Waals surface area contributed by atoms with Crippen LogP contribution >= 0.6 is 0 Å². The Morgan fingerprint density at radius 3 is 2.62 bits per heavy atom. The highest BCUT2D eigenvalue weighted by Crippen LogP contribution is 2.33. The summed E-state index contributed by atoms with van der Waals surface area (Å²) in [4.78, 5) is 17.9. The molecule has 1 aromatic carbocycles. The number of aliphatic imine (C=N–C) groups is 1. The molecular formula is C21H30N2O3. The lowest BCUT2D eigenvalue weighted by atomic mass is 9.95. The van der Waals surface area contributed by atoms with Gasteiger partial charge in [0.15, 0.2) is 17.8 Å². The number of methoxy groups -OCH3 is 1. The first-order valence-corrected chi connectivity index (χ1v) is 8.92. The van der Waals surface area contributed by atoms with E-state index in [1.807, 2.05) is 33.1 Å². The van der Waals surface area contributed by atoms with Crippen molar-refractivity contribution in [3.8, 4) is 11.5 Å². The van der Waals surface area contributed by atoms with Gasteiger partial charge in [-0.3, -0.25) is 14.7 Å². The fourth-order valence-electron chi connectivity index (χ4n) is 2.84. The van der Waals surface area contributed by atoms with Gasteiger partial charge >= 0.3 is 0 Å². The molecule has 1 N–H and O–H groups in total. The summed E-state index contributed by atoms with van der Waals surface area (Å²) in [6.45, 7) is 9.04. The molecule has 1 unspecified atom stereocenters. The second-order valence-electron chi connectivity index (χ2n) is 5.97. The fourth-order valence-corrected chi connectivity index (χ4v) is 2.84. The van der Waals surface area contributed by atoms with Gasteiger partial charge in [-0.05, 0) is 39.0 Å². The smallest absolute Gasteiger partial charge is 0.161 e. The van der Waals surface area contributed by atoms with E-state index in [2.05, 4.69) is 29.9 Å². The van der Waals surface area contributed by atoms with Gasteiger partial charge in [-0.25, -0.2) is 0 Å². The number of rotatable bonds is 5. The molecule has 0 saturated heterocycles. The molecule has 0 spiro atoms. The Morgan fingerprint density at radius 1 is 1.35 bits per heavy atom. The number of likely N-dealkylation sites (N-methyl/N-ethyl adjacent to an activating group) is 1. The largest absolute Gasteiger partial charge is 0.504 e. The Kier molecular flexibility index (Phi) is 8.79. The van der Waals surface area contributed by atoms with Crippen LogP contribution in [0.4, 0.5) is 5.69 Å². The van der Waals surface area contributed by atoms with Gasteiger partial charge in [0, 0.05) is 30.4 Å². The molecular weight excluding hydrogens is 328 g/mol. The number of hydrogen-bond acceptors (Lipinski definition) is 5. The zero-order valence-corrected chi connectivity index (χ0v) is 16.6. The highest BCUT2D eigenvalue weighted by atomic mass is 16.5. The number of phenols is 1. The van der Waals surface area contributed by atoms with Crippen molar-refractivity contribution < 1.29 is 14.6 Å². The molecule has 0 aliphatic carbocycles. The van der Waals surface area contributed by atoms with E-state index in [1.165, 1.54) is 30.4 Å². The van der Waals surface area contributed by atoms with Crippen molar-refractivity contribution in [2.45, 2.75) is 40.2 Å². The van der Waals surface area contributed by atoms with E-state index in [9.17, 15) is 9.90 Å². The van der Waals surface area contributed by atoms with Crippen molar-refractivity contribution in [3.63, 3.8) is 0 Å². The van der Waals surface area contributed by atoms with Crippen LogP contribution in [0.1, 0.15) is 44.5 Å². The number of carbonyl (C=O) groups excluding carboxylic acids is 1. The van der Waals surface area contributed by atoms with Crippen LogP contribution in [0.2, 0.25) is 0 Å². The van der Waals surface area contributed by atoms with E-state index in [0.29, 0.717) is 17.5 Å². The summed E-state index contributed by atoms with van der Waals surface area (Å²) in [5.74, 6) is 0.234. The maximum atomic E-state index is 11.3.